The van der Waals surface area contributed by atoms with Crippen molar-refractivity contribution in [2.45, 2.75) is 6.54 Å². The molecular weight excluding hydrogens is 385 g/mol. The minimum atomic E-state index is -0.987. The van der Waals surface area contributed by atoms with E-state index in [2.05, 4.69) is 0 Å². The number of halogens is 1. The molecule has 0 aliphatic rings. The molecule has 0 unspecified atom stereocenters. The lowest BCUT2D eigenvalue weighted by atomic mass is 10.1. The van der Waals surface area contributed by atoms with Crippen LogP contribution in [0.3, 0.4) is 0 Å². The third kappa shape index (κ3) is 4.22. The summed E-state index contributed by atoms with van der Waals surface area (Å²) in [7, 11) is 0. The molecule has 6 heteroatoms. The average molecular weight is 403 g/mol. The summed E-state index contributed by atoms with van der Waals surface area (Å²) in [5.41, 5.74) is 2.81. The summed E-state index contributed by atoms with van der Waals surface area (Å²) in [5, 5.41) is 9.84. The van der Waals surface area contributed by atoms with E-state index in [0.29, 0.717) is 5.75 Å². The quantitative estimate of drug-likeness (QED) is 0.482. The zero-order valence-electron chi connectivity index (χ0n) is 15.9. The number of Topliss-reactive ketones (excluding diaryl/α,β-unsaturated/α-hetero) is 1. The number of fused-ring (bicyclic) bond motifs is 1. The van der Waals surface area contributed by atoms with E-state index in [9.17, 15) is 14.0 Å². The lowest BCUT2D eigenvalue weighted by Gasteiger charge is -2.09. The van der Waals surface area contributed by atoms with Crippen LogP contribution in [0, 0.1) is 5.82 Å². The van der Waals surface area contributed by atoms with Gasteiger partial charge in [-0.15, -0.1) is 0 Å². The summed E-state index contributed by atoms with van der Waals surface area (Å²) in [6.07, 6.45) is 1.76. The summed E-state index contributed by atoms with van der Waals surface area (Å²) in [4.78, 5) is 23.4. The zero-order valence-corrected chi connectivity index (χ0v) is 15.9. The van der Waals surface area contributed by atoms with Gasteiger partial charge in [0.25, 0.3) is 0 Å². The van der Waals surface area contributed by atoms with Crippen molar-refractivity contribution in [2.75, 3.05) is 6.61 Å². The van der Waals surface area contributed by atoms with Gasteiger partial charge in [0.05, 0.1) is 12.1 Å². The van der Waals surface area contributed by atoms with Crippen LogP contribution >= 0.6 is 0 Å². The van der Waals surface area contributed by atoms with E-state index in [1.807, 2.05) is 12.1 Å². The first-order valence-corrected chi connectivity index (χ1v) is 9.32. The van der Waals surface area contributed by atoms with Gasteiger partial charge in [0.15, 0.2) is 5.78 Å². The van der Waals surface area contributed by atoms with Gasteiger partial charge < -0.3 is 14.4 Å². The van der Waals surface area contributed by atoms with E-state index in [-0.39, 0.29) is 30.3 Å². The Balaban J connectivity index is 1.37. The van der Waals surface area contributed by atoms with Crippen molar-refractivity contribution >= 4 is 22.7 Å². The number of aromatic carboxylic acids is 1. The minimum Gasteiger partial charge on any atom is -0.486 e. The molecule has 0 fully saturated rings. The predicted molar refractivity (Wildman–Crippen MR) is 111 cm³/mol. The van der Waals surface area contributed by atoms with Crippen LogP contribution in [0.1, 0.15) is 10.4 Å². The highest BCUT2D eigenvalue weighted by Crippen LogP contribution is 2.23. The van der Waals surface area contributed by atoms with Crippen molar-refractivity contribution in [3.05, 3.63) is 90.4 Å². The van der Waals surface area contributed by atoms with Crippen molar-refractivity contribution < 1.29 is 23.8 Å². The van der Waals surface area contributed by atoms with E-state index >= 15 is 0 Å². The number of hydrogen-bond donors (Lipinski definition) is 1. The maximum Gasteiger partial charge on any atom is 0.335 e. The number of carboxylic acids is 1. The first-order chi connectivity index (χ1) is 14.5. The molecule has 0 spiro atoms. The molecule has 150 valence electrons. The molecular formula is C24H18FNO4. The van der Waals surface area contributed by atoms with Crippen molar-refractivity contribution in [1.29, 1.82) is 0 Å². The number of carbonyl (C=O) groups excluding carboxylic acids is 1. The fourth-order valence-electron chi connectivity index (χ4n) is 3.26. The highest BCUT2D eigenvalue weighted by atomic mass is 19.1. The largest absolute Gasteiger partial charge is 0.486 e. The van der Waals surface area contributed by atoms with Gasteiger partial charge in [0.2, 0.25) is 0 Å². The standard InChI is InChI=1S/C24H18FNO4/c25-20-6-1-16(2-7-20)17-3-8-22(9-4-17)30-15-21(27)14-26-12-11-18-13-19(24(28)29)5-10-23(18)26/h1-13H,14-15H2,(H,28,29). The number of hydrogen-bond acceptors (Lipinski definition) is 3. The van der Waals surface area contributed by atoms with Gasteiger partial charge in [-0.05, 0) is 59.7 Å². The smallest absolute Gasteiger partial charge is 0.335 e. The molecule has 4 aromatic rings. The van der Waals surface area contributed by atoms with Gasteiger partial charge in [-0.2, -0.15) is 0 Å². The number of nitrogens with zero attached hydrogens (tertiary/aromatic N) is 1. The lowest BCUT2D eigenvalue weighted by molar-refractivity contribution is -0.121. The number of carboxylic acid groups (broad SMARTS) is 1. The Hall–Kier alpha value is -3.93. The number of ketones is 1. The van der Waals surface area contributed by atoms with Crippen LogP contribution in [0.4, 0.5) is 4.39 Å². The SMILES string of the molecule is O=C(COc1ccc(-c2ccc(F)cc2)cc1)Cn1ccc2cc(C(=O)O)ccc21. The van der Waals surface area contributed by atoms with Crippen molar-refractivity contribution in [3.8, 4) is 16.9 Å². The van der Waals surface area contributed by atoms with Gasteiger partial charge in [-0.1, -0.05) is 24.3 Å². The third-order valence-electron chi connectivity index (χ3n) is 4.80. The Labute approximate surface area is 172 Å². The molecule has 0 aliphatic heterocycles. The van der Waals surface area contributed by atoms with Crippen LogP contribution in [-0.4, -0.2) is 28.0 Å². The Kier molecular flexibility index (Phi) is 5.30. The molecule has 0 radical (unpaired) electrons. The highest BCUT2D eigenvalue weighted by molar-refractivity contribution is 5.94. The molecule has 1 N–H and O–H groups in total. The van der Waals surface area contributed by atoms with Crippen LogP contribution in [0.25, 0.3) is 22.0 Å². The molecule has 1 aromatic heterocycles. The molecule has 0 atom stereocenters. The molecule has 3 aromatic carbocycles. The average Bonchev–Trinajstić information content (AvgIpc) is 3.15. The molecule has 30 heavy (non-hydrogen) atoms. The van der Waals surface area contributed by atoms with Gasteiger partial charge >= 0.3 is 5.97 Å². The molecule has 0 saturated carbocycles. The lowest BCUT2D eigenvalue weighted by Crippen LogP contribution is -2.17. The molecule has 5 nitrogen and oxygen atoms in total. The van der Waals surface area contributed by atoms with Crippen LogP contribution in [0.2, 0.25) is 0 Å². The third-order valence-corrected chi connectivity index (χ3v) is 4.80. The topological polar surface area (TPSA) is 68.5 Å². The molecule has 0 saturated heterocycles. The summed E-state index contributed by atoms with van der Waals surface area (Å²) in [6, 6.07) is 20.0. The molecule has 0 bridgehead atoms. The minimum absolute atomic E-state index is 0.0806. The first kappa shape index (κ1) is 19.4. The number of rotatable bonds is 7. The second-order valence-corrected chi connectivity index (χ2v) is 6.88. The number of benzene rings is 3. The first-order valence-electron chi connectivity index (χ1n) is 9.32. The second kappa shape index (κ2) is 8.21. The summed E-state index contributed by atoms with van der Waals surface area (Å²) in [5.74, 6) is -0.815. The molecule has 0 amide bonds. The van der Waals surface area contributed by atoms with Crippen LogP contribution in [-0.2, 0) is 11.3 Å². The summed E-state index contributed by atoms with van der Waals surface area (Å²) < 4.78 is 20.4. The molecule has 0 aliphatic carbocycles. The van der Waals surface area contributed by atoms with E-state index in [1.165, 1.54) is 18.2 Å². The second-order valence-electron chi connectivity index (χ2n) is 6.88. The van der Waals surface area contributed by atoms with Crippen molar-refractivity contribution in [1.82, 2.24) is 4.57 Å². The van der Waals surface area contributed by atoms with Gasteiger partial charge in [0, 0.05) is 17.1 Å². The molecule has 4 rings (SSSR count). The van der Waals surface area contributed by atoms with Crippen molar-refractivity contribution in [2.24, 2.45) is 0 Å². The van der Waals surface area contributed by atoms with E-state index in [4.69, 9.17) is 9.84 Å². The van der Waals surface area contributed by atoms with E-state index < -0.39 is 5.97 Å². The van der Waals surface area contributed by atoms with E-state index in [1.54, 1.807) is 53.2 Å². The molecule has 1 heterocycles. The normalized spacial score (nSPS) is 10.8. The van der Waals surface area contributed by atoms with Crippen LogP contribution in [0.5, 0.6) is 5.75 Å². The predicted octanol–water partition coefficient (Wildman–Crippen LogP) is 4.79. The fourth-order valence-corrected chi connectivity index (χ4v) is 3.26. The van der Waals surface area contributed by atoms with Crippen LogP contribution < -0.4 is 4.74 Å². The number of aromatic nitrogens is 1. The Morgan fingerprint density at radius 2 is 1.57 bits per heavy atom. The number of carbonyl (C=O) groups is 2. The Bertz CT molecular complexity index is 1210. The fraction of sp³-hybridized carbons (Fsp3) is 0.0833. The number of ether oxygens (including phenoxy) is 1. The maximum absolute atomic E-state index is 13.0. The summed E-state index contributed by atoms with van der Waals surface area (Å²) >= 11 is 0. The van der Waals surface area contributed by atoms with Crippen LogP contribution in [0.15, 0.2) is 79.0 Å². The zero-order chi connectivity index (χ0) is 21.1. The summed E-state index contributed by atoms with van der Waals surface area (Å²) in [6.45, 7) is 0.0480. The Morgan fingerprint density at radius 3 is 2.23 bits per heavy atom. The van der Waals surface area contributed by atoms with Crippen molar-refractivity contribution in [3.63, 3.8) is 0 Å². The van der Waals surface area contributed by atoms with Gasteiger partial charge in [0.1, 0.15) is 18.2 Å². The Morgan fingerprint density at radius 1 is 0.900 bits per heavy atom. The monoisotopic (exact) mass is 403 g/mol. The van der Waals surface area contributed by atoms with Gasteiger partial charge in [-0.3, -0.25) is 4.79 Å². The van der Waals surface area contributed by atoms with Gasteiger partial charge in [-0.25, -0.2) is 9.18 Å². The highest BCUT2D eigenvalue weighted by Gasteiger charge is 2.10. The van der Waals surface area contributed by atoms with E-state index in [0.717, 1.165) is 22.0 Å². The maximum atomic E-state index is 13.0.